The second-order valence-corrected chi connectivity index (χ2v) is 8.96. The third kappa shape index (κ3) is 4.24. The van der Waals surface area contributed by atoms with Gasteiger partial charge in [-0.15, -0.1) is 0 Å². The summed E-state index contributed by atoms with van der Waals surface area (Å²) in [5.74, 6) is -1.30. The number of nitrogens with one attached hydrogen (secondary N) is 1. The van der Waals surface area contributed by atoms with E-state index in [0.29, 0.717) is 5.56 Å². The first-order valence-corrected chi connectivity index (χ1v) is 11.4. The Hall–Kier alpha value is -3.59. The lowest BCUT2D eigenvalue weighted by Crippen LogP contribution is -2.31. The summed E-state index contributed by atoms with van der Waals surface area (Å²) in [7, 11) is -4.07. The van der Waals surface area contributed by atoms with Gasteiger partial charge in [-0.05, 0) is 48.9 Å². The summed E-state index contributed by atoms with van der Waals surface area (Å²) in [5.41, 5.74) is 0.693. The minimum atomic E-state index is -4.07. The summed E-state index contributed by atoms with van der Waals surface area (Å²) < 4.78 is 45.5. The number of hydrogen-bond donors (Lipinski definition) is 1. The van der Waals surface area contributed by atoms with Gasteiger partial charge in [0.1, 0.15) is 10.9 Å². The fourth-order valence-corrected chi connectivity index (χ4v) is 4.65. The highest BCUT2D eigenvalue weighted by Gasteiger charge is 2.24. The summed E-state index contributed by atoms with van der Waals surface area (Å²) >= 11 is 0. The van der Waals surface area contributed by atoms with Crippen molar-refractivity contribution >= 4 is 21.8 Å². The molecule has 1 atom stereocenters. The minimum Gasteiger partial charge on any atom is -0.491 e. The van der Waals surface area contributed by atoms with E-state index in [-0.39, 0.29) is 29.7 Å². The molecule has 0 saturated carbocycles. The number of amides is 1. The van der Waals surface area contributed by atoms with Gasteiger partial charge in [-0.25, -0.2) is 12.8 Å². The Labute approximate surface area is 184 Å². The van der Waals surface area contributed by atoms with Crippen molar-refractivity contribution in [2.24, 2.45) is 4.99 Å². The van der Waals surface area contributed by atoms with Crippen molar-refractivity contribution in [3.8, 4) is 5.75 Å². The molecule has 2 heterocycles. The molecule has 1 aromatic heterocycles. The second kappa shape index (κ2) is 8.88. The number of halogens is 1. The van der Waals surface area contributed by atoms with Gasteiger partial charge in [-0.2, -0.15) is 0 Å². The molecule has 1 amide bonds. The molecule has 0 bridgehead atoms. The molecule has 1 N–H and O–H groups in total. The zero-order valence-corrected chi connectivity index (χ0v) is 18.0. The lowest BCUT2D eigenvalue weighted by atomic mass is 10.2. The van der Waals surface area contributed by atoms with Crippen LogP contribution in [0.3, 0.4) is 0 Å². The highest BCUT2D eigenvalue weighted by atomic mass is 32.2. The standard InChI is InChI=1S/C23H20FN3O4S/c1-2-31-20-4-3-5-21(22(20)24)32(29,30)17-8-6-15(7-9-17)13-26-23(28)19-12-16-14-25-11-10-18(16)27-19/h3-12,14,19H,2,13H2,1H3,(H,26,28). The molecule has 32 heavy (non-hydrogen) atoms. The first kappa shape index (κ1) is 21.6. The van der Waals surface area contributed by atoms with Crippen LogP contribution in [-0.4, -0.2) is 32.0 Å². The zero-order valence-electron chi connectivity index (χ0n) is 17.2. The van der Waals surface area contributed by atoms with Gasteiger partial charge in [0.2, 0.25) is 15.7 Å². The van der Waals surface area contributed by atoms with Crippen molar-refractivity contribution < 1.29 is 22.3 Å². The predicted molar refractivity (Wildman–Crippen MR) is 115 cm³/mol. The molecule has 164 valence electrons. The van der Waals surface area contributed by atoms with Crippen molar-refractivity contribution in [2.45, 2.75) is 29.3 Å². The average molecular weight is 453 g/mol. The summed E-state index contributed by atoms with van der Waals surface area (Å²) in [6, 6.07) is 11.1. The molecule has 9 heteroatoms. The highest BCUT2D eigenvalue weighted by molar-refractivity contribution is 7.91. The second-order valence-electron chi connectivity index (χ2n) is 7.04. The van der Waals surface area contributed by atoms with Crippen LogP contribution in [0.5, 0.6) is 5.75 Å². The molecular weight excluding hydrogens is 433 g/mol. The number of ether oxygens (including phenoxy) is 1. The topological polar surface area (TPSA) is 97.7 Å². The Morgan fingerprint density at radius 2 is 1.94 bits per heavy atom. The molecule has 7 nitrogen and oxygen atoms in total. The van der Waals surface area contributed by atoms with E-state index in [9.17, 15) is 17.6 Å². The van der Waals surface area contributed by atoms with Crippen molar-refractivity contribution in [2.75, 3.05) is 6.61 Å². The molecule has 0 saturated heterocycles. The molecule has 3 aromatic rings. The third-order valence-electron chi connectivity index (χ3n) is 4.93. The summed E-state index contributed by atoms with van der Waals surface area (Å²) in [6.45, 7) is 2.10. The zero-order chi connectivity index (χ0) is 22.7. The largest absolute Gasteiger partial charge is 0.491 e. The number of pyridine rings is 1. The molecule has 0 aliphatic carbocycles. The van der Waals surface area contributed by atoms with Crippen molar-refractivity contribution in [3.05, 3.63) is 82.9 Å². The summed E-state index contributed by atoms with van der Waals surface area (Å²) in [4.78, 5) is 20.3. The number of carbonyl (C=O) groups excluding carboxylic acids is 1. The van der Waals surface area contributed by atoms with Gasteiger partial charge in [0.05, 0.1) is 16.9 Å². The monoisotopic (exact) mass is 453 g/mol. The number of nitrogens with zero attached hydrogens (tertiary/aromatic N) is 2. The molecule has 0 radical (unpaired) electrons. The minimum absolute atomic E-state index is 0.0535. The van der Waals surface area contributed by atoms with Crippen molar-refractivity contribution in [1.29, 1.82) is 0 Å². The van der Waals surface area contributed by atoms with Crippen LogP contribution in [0.25, 0.3) is 6.08 Å². The molecule has 4 rings (SSSR count). The van der Waals surface area contributed by atoms with Crippen LogP contribution in [-0.2, 0) is 21.2 Å². The highest BCUT2D eigenvalue weighted by Crippen LogP contribution is 2.29. The lowest BCUT2D eigenvalue weighted by molar-refractivity contribution is -0.121. The summed E-state index contributed by atoms with van der Waals surface area (Å²) in [5, 5.41) is 4.31. The Balaban J connectivity index is 1.46. The smallest absolute Gasteiger partial charge is 0.249 e. The van der Waals surface area contributed by atoms with E-state index in [2.05, 4.69) is 15.3 Å². The number of aromatic nitrogens is 1. The first-order chi connectivity index (χ1) is 15.4. The van der Waals surface area contributed by atoms with Crippen molar-refractivity contribution in [1.82, 2.24) is 10.3 Å². The molecule has 0 fully saturated rings. The number of rotatable bonds is 7. The van der Waals surface area contributed by atoms with E-state index in [0.717, 1.165) is 10.6 Å². The SMILES string of the molecule is CCOc1cccc(S(=O)(=O)c2ccc(CNC(=O)C3C=c4cnccc4=N3)cc2)c1F. The quantitative estimate of drug-likeness (QED) is 0.586. The van der Waals surface area contributed by atoms with Gasteiger partial charge in [0.25, 0.3) is 0 Å². The maximum absolute atomic E-state index is 14.6. The van der Waals surface area contributed by atoms with Gasteiger partial charge >= 0.3 is 0 Å². The Morgan fingerprint density at radius 1 is 1.16 bits per heavy atom. The molecule has 0 spiro atoms. The lowest BCUT2D eigenvalue weighted by Gasteiger charge is -2.11. The normalized spacial score (nSPS) is 14.8. The maximum Gasteiger partial charge on any atom is 0.249 e. The van der Waals surface area contributed by atoms with Gasteiger partial charge in [0.15, 0.2) is 11.6 Å². The van der Waals surface area contributed by atoms with Crippen LogP contribution in [0.15, 0.2) is 75.7 Å². The van der Waals surface area contributed by atoms with Crippen LogP contribution in [0.1, 0.15) is 12.5 Å². The first-order valence-electron chi connectivity index (χ1n) is 9.93. The van der Waals surface area contributed by atoms with Gasteiger partial charge in [0, 0.05) is 24.2 Å². The fourth-order valence-electron chi connectivity index (χ4n) is 3.31. The third-order valence-corrected chi connectivity index (χ3v) is 6.72. The van der Waals surface area contributed by atoms with E-state index in [1.54, 1.807) is 43.6 Å². The van der Waals surface area contributed by atoms with E-state index in [1.807, 2.05) is 0 Å². The van der Waals surface area contributed by atoms with E-state index >= 15 is 0 Å². The van der Waals surface area contributed by atoms with Gasteiger partial charge in [-0.1, -0.05) is 18.2 Å². The van der Waals surface area contributed by atoms with Gasteiger partial charge < -0.3 is 10.1 Å². The number of fused-ring (bicyclic) bond motifs is 1. The molecule has 2 aromatic carbocycles. The van der Waals surface area contributed by atoms with Crippen LogP contribution in [0, 0.1) is 5.82 Å². The van der Waals surface area contributed by atoms with Crippen LogP contribution < -0.4 is 20.6 Å². The molecular formula is C23H20FN3O4S. The molecule has 1 aliphatic heterocycles. The summed E-state index contributed by atoms with van der Waals surface area (Å²) in [6.07, 6.45) is 5.00. The Bertz CT molecular complexity index is 1350. The van der Waals surface area contributed by atoms with Crippen LogP contribution in [0.4, 0.5) is 4.39 Å². The van der Waals surface area contributed by atoms with Crippen LogP contribution in [0.2, 0.25) is 0 Å². The number of sulfone groups is 1. The number of benzene rings is 2. The number of hydrogen-bond acceptors (Lipinski definition) is 6. The predicted octanol–water partition coefficient (Wildman–Crippen LogP) is 1.55. The maximum atomic E-state index is 14.6. The van der Waals surface area contributed by atoms with Crippen molar-refractivity contribution in [3.63, 3.8) is 0 Å². The molecule has 1 aliphatic rings. The Morgan fingerprint density at radius 3 is 2.66 bits per heavy atom. The average Bonchev–Trinajstić information content (AvgIpc) is 3.24. The Kier molecular flexibility index (Phi) is 6.00. The van der Waals surface area contributed by atoms with E-state index in [1.165, 1.54) is 30.3 Å². The number of carbonyl (C=O) groups is 1. The van der Waals surface area contributed by atoms with Gasteiger partial charge in [-0.3, -0.25) is 14.8 Å². The molecule has 1 unspecified atom stereocenters. The van der Waals surface area contributed by atoms with Crippen LogP contribution >= 0.6 is 0 Å². The fraction of sp³-hybridized carbons (Fsp3) is 0.174. The van der Waals surface area contributed by atoms with E-state index in [4.69, 9.17) is 4.74 Å². The van der Waals surface area contributed by atoms with E-state index < -0.39 is 26.6 Å².